The van der Waals surface area contributed by atoms with Crippen LogP contribution in [0.25, 0.3) is 0 Å². The number of anilines is 6. The summed E-state index contributed by atoms with van der Waals surface area (Å²) in [6.07, 6.45) is 8.05. The minimum atomic E-state index is -4.36. The SMILES string of the molecule is C.CCCCNc1nc(N)nc(C)c1Cc1cc(I)ccc1OC.CCCCNc1nc(N)nc(C)c1Cc1cc(P(=O)(O)O)ccc1OC.CCCCNc1nc(N)nc(C)c1Cc1cc(P(C)(C)=O)ccc1OC.C[Si](C)(C)Br. The Morgan fingerprint density at radius 2 is 0.852 bits per heavy atom. The summed E-state index contributed by atoms with van der Waals surface area (Å²) in [6.45, 7) is 24.1. The van der Waals surface area contributed by atoms with Crippen LogP contribution in [0, 0.1) is 24.3 Å². The highest BCUT2D eigenvalue weighted by Gasteiger charge is 2.22. The van der Waals surface area contributed by atoms with Gasteiger partial charge in [-0.2, -0.15) is 15.0 Å². The minimum absolute atomic E-state index is 0. The maximum absolute atomic E-state index is 12.5. The number of nitrogen functional groups attached to an aromatic ring is 3. The predicted molar refractivity (Wildman–Crippen MR) is 354 cm³/mol. The van der Waals surface area contributed by atoms with Crippen molar-refractivity contribution in [2.45, 2.75) is 126 Å². The monoisotopic (exact) mass is 1350 g/mol. The molecule has 0 atom stereocenters. The van der Waals surface area contributed by atoms with Gasteiger partial charge in [-0.3, -0.25) is 4.57 Å². The van der Waals surface area contributed by atoms with Gasteiger partial charge >= 0.3 is 7.60 Å². The molecule has 0 amide bonds. The first-order chi connectivity index (χ1) is 37.6. The molecule has 0 saturated heterocycles. The Hall–Kier alpha value is -5.09. The number of nitrogens with zero attached hydrogens (tertiary/aromatic N) is 6. The molecule has 24 heteroatoms. The molecule has 3 aromatic carbocycles. The number of hydrogen-bond acceptors (Lipinski definition) is 17. The van der Waals surface area contributed by atoms with Crippen molar-refractivity contribution in [2.24, 2.45) is 0 Å². The standard InChI is InChI=1S/C19H29N4O2P.C17H23IN4O.C17H25N4O4P.C3H9BrSi.CH4/c1-6-7-10-21-18-16(13(2)22-19(20)23-18)12-14-11-15(26(4,5)24)8-9-17(14)25-3;1-4-5-8-20-16-14(11(2)21-17(19)22-16)10-12-9-13(18)6-7-15(12)23-3;1-4-5-8-19-16-14(11(2)20-17(18)21-16)10-12-9-13(26(22,23)24)6-7-15(12)25-3;1-5(2,3)4;/h8-9,11H,6-7,10,12H2,1-5H3,(H3,20,21,22,23);6-7,9H,4-5,8,10H2,1-3H3,(H3,19,20,21,22);6-7,9H,4-5,8,10H2,1-3H3,(H2,22,23,24)(H3,18,19,20,21);1-3H3;1H4. The van der Waals surface area contributed by atoms with E-state index in [4.69, 9.17) is 31.4 Å². The summed E-state index contributed by atoms with van der Waals surface area (Å²) in [5.41, 5.74) is 25.5. The van der Waals surface area contributed by atoms with Crippen molar-refractivity contribution in [1.29, 1.82) is 0 Å². The van der Waals surface area contributed by atoms with Crippen molar-refractivity contribution in [2.75, 3.05) is 87.4 Å². The van der Waals surface area contributed by atoms with Gasteiger partial charge in [0, 0.05) is 81.5 Å². The van der Waals surface area contributed by atoms with E-state index in [1.165, 1.54) is 22.8 Å². The Kier molecular flexibility index (Phi) is 30.7. The van der Waals surface area contributed by atoms with Crippen LogP contribution in [-0.2, 0) is 28.4 Å². The summed E-state index contributed by atoms with van der Waals surface area (Å²) in [5.74, 6) is 5.14. The van der Waals surface area contributed by atoms with E-state index in [2.05, 4.69) is 130 Å². The first kappa shape index (κ1) is 72.0. The maximum Gasteiger partial charge on any atom is 0.356 e. The second kappa shape index (κ2) is 34.5. The van der Waals surface area contributed by atoms with E-state index in [1.54, 1.807) is 33.6 Å². The average Bonchev–Trinajstić information content (AvgIpc) is 3.37. The van der Waals surface area contributed by atoms with E-state index < -0.39 is 21.4 Å². The van der Waals surface area contributed by atoms with Crippen molar-refractivity contribution < 1.29 is 33.1 Å². The molecule has 448 valence electrons. The van der Waals surface area contributed by atoms with Crippen LogP contribution >= 0.6 is 52.6 Å². The second-order valence-electron chi connectivity index (χ2n) is 20.3. The lowest BCUT2D eigenvalue weighted by molar-refractivity contribution is 0.387. The molecule has 0 bridgehead atoms. The highest BCUT2D eigenvalue weighted by molar-refractivity contribution is 14.1. The summed E-state index contributed by atoms with van der Waals surface area (Å²) in [4.78, 5) is 44.8. The van der Waals surface area contributed by atoms with Crippen molar-refractivity contribution in [1.82, 2.24) is 29.9 Å². The number of nitrogens with two attached hydrogens (primary N) is 3. The van der Waals surface area contributed by atoms with E-state index in [-0.39, 0.29) is 24.6 Å². The molecular weight excluding hydrogens is 1260 g/mol. The maximum atomic E-state index is 12.5. The van der Waals surface area contributed by atoms with Crippen LogP contribution in [0.4, 0.5) is 35.3 Å². The molecule has 6 rings (SSSR count). The Bertz CT molecular complexity index is 2910. The van der Waals surface area contributed by atoms with Crippen LogP contribution in [0.15, 0.2) is 54.6 Å². The van der Waals surface area contributed by atoms with Gasteiger partial charge in [0.1, 0.15) is 48.5 Å². The Morgan fingerprint density at radius 1 is 0.556 bits per heavy atom. The second-order valence-corrected chi connectivity index (χ2v) is 37.6. The molecule has 6 aromatic rings. The van der Waals surface area contributed by atoms with E-state index in [1.807, 2.05) is 51.1 Å². The summed E-state index contributed by atoms with van der Waals surface area (Å²) in [5, 5.41) is 10.8. The first-order valence-corrected chi connectivity index (χ1v) is 37.7. The van der Waals surface area contributed by atoms with Crippen molar-refractivity contribution in [3.05, 3.63) is 109 Å². The van der Waals surface area contributed by atoms with Crippen LogP contribution in [-0.4, -0.2) is 101 Å². The first-order valence-electron chi connectivity index (χ1n) is 26.6. The van der Waals surface area contributed by atoms with Gasteiger partial charge in [0.05, 0.1) is 26.6 Å². The lowest BCUT2D eigenvalue weighted by Crippen LogP contribution is -2.13. The van der Waals surface area contributed by atoms with Crippen LogP contribution in [0.1, 0.15) is 117 Å². The number of aromatic nitrogens is 6. The fourth-order valence-corrected chi connectivity index (χ4v) is 9.91. The van der Waals surface area contributed by atoms with Gasteiger partial charge in [-0.05, 0) is 147 Å². The third-order valence-electron chi connectivity index (χ3n) is 12.0. The molecule has 0 aliphatic carbocycles. The highest BCUT2D eigenvalue weighted by atomic mass is 127. The number of unbranched alkanes of at least 4 members (excludes halogenated alkanes) is 3. The molecule has 0 spiro atoms. The molecule has 0 fully saturated rings. The van der Waals surface area contributed by atoms with E-state index >= 15 is 0 Å². The summed E-state index contributed by atoms with van der Waals surface area (Å²) >= 11 is 5.82. The Labute approximate surface area is 504 Å². The quantitative estimate of drug-likeness (QED) is 0.00972. The third kappa shape index (κ3) is 24.7. The summed E-state index contributed by atoms with van der Waals surface area (Å²) in [6, 6.07) is 16.3. The van der Waals surface area contributed by atoms with Crippen LogP contribution in [0.2, 0.25) is 19.6 Å². The summed E-state index contributed by atoms with van der Waals surface area (Å²) in [7, 11) is -1.86. The van der Waals surface area contributed by atoms with Gasteiger partial charge in [-0.25, -0.2) is 15.0 Å². The zero-order chi connectivity index (χ0) is 60.0. The Morgan fingerprint density at radius 3 is 1.15 bits per heavy atom. The molecule has 0 radical (unpaired) electrons. The number of halogens is 2. The largest absolute Gasteiger partial charge is 0.496 e. The van der Waals surface area contributed by atoms with Gasteiger partial charge in [-0.1, -0.05) is 67.1 Å². The molecular formula is C57H90BrIN12O7P2Si. The number of methoxy groups -OCH3 is 3. The molecule has 81 heavy (non-hydrogen) atoms. The number of nitrogens with one attached hydrogen (secondary N) is 3. The van der Waals surface area contributed by atoms with Gasteiger partial charge in [-0.15, -0.1) is 15.3 Å². The average molecular weight is 1350 g/mol. The Balaban J connectivity index is 0.000000396. The predicted octanol–water partition coefficient (Wildman–Crippen LogP) is 12.0. The highest BCUT2D eigenvalue weighted by Crippen LogP contribution is 2.38. The van der Waals surface area contributed by atoms with Crippen molar-refractivity contribution >= 4 is 105 Å². The normalized spacial score (nSPS) is 11.1. The van der Waals surface area contributed by atoms with Gasteiger partial charge in [0.15, 0.2) is 0 Å². The number of ether oxygens (including phenoxy) is 3. The van der Waals surface area contributed by atoms with E-state index in [9.17, 15) is 18.9 Å². The lowest BCUT2D eigenvalue weighted by Gasteiger charge is -2.17. The van der Waals surface area contributed by atoms with Crippen LogP contribution in [0.3, 0.4) is 0 Å². The fourth-order valence-electron chi connectivity index (χ4n) is 7.86. The zero-order valence-electron chi connectivity index (χ0n) is 49.2. The molecule has 11 N–H and O–H groups in total. The van der Waals surface area contributed by atoms with Gasteiger partial charge < -0.3 is 61.7 Å². The summed E-state index contributed by atoms with van der Waals surface area (Å²) < 4.78 is 41.6. The van der Waals surface area contributed by atoms with Crippen LogP contribution in [0.5, 0.6) is 17.2 Å². The third-order valence-corrected chi connectivity index (χ3v) is 15.1. The smallest absolute Gasteiger partial charge is 0.356 e. The minimum Gasteiger partial charge on any atom is -0.496 e. The number of benzene rings is 3. The van der Waals surface area contributed by atoms with E-state index in [0.29, 0.717) is 48.0 Å². The van der Waals surface area contributed by atoms with Crippen molar-refractivity contribution in [3.8, 4) is 17.2 Å². The van der Waals surface area contributed by atoms with E-state index in [0.717, 1.165) is 126 Å². The molecule has 3 aromatic heterocycles. The lowest BCUT2D eigenvalue weighted by atomic mass is 10.0. The van der Waals surface area contributed by atoms with Gasteiger partial charge in [0.2, 0.25) is 17.8 Å². The number of aryl methyl sites for hydroxylation is 3. The molecule has 0 saturated carbocycles. The van der Waals surface area contributed by atoms with Gasteiger partial charge in [0.25, 0.3) is 0 Å². The zero-order valence-corrected chi connectivity index (χ0v) is 55.7. The fraction of sp³-hybridized carbons (Fsp3) is 0.474. The topological polar surface area (TPSA) is 294 Å². The number of hydrogen-bond donors (Lipinski definition) is 8. The molecule has 0 aliphatic heterocycles. The number of rotatable bonds is 23. The van der Waals surface area contributed by atoms with Crippen LogP contribution < -0.4 is 58.0 Å². The molecule has 19 nitrogen and oxygen atoms in total. The van der Waals surface area contributed by atoms with Crippen molar-refractivity contribution in [3.63, 3.8) is 0 Å². The molecule has 3 heterocycles. The molecule has 0 unspecified atom stereocenters. The molecule has 0 aliphatic rings.